The summed E-state index contributed by atoms with van der Waals surface area (Å²) in [5.74, 6) is 0.228. The third kappa shape index (κ3) is 4.16. The molecule has 0 saturated carbocycles. The lowest BCUT2D eigenvalue weighted by Gasteiger charge is -2.23. The zero-order valence-corrected chi connectivity index (χ0v) is 8.63. The fourth-order valence-corrected chi connectivity index (χ4v) is 0.486. The molecule has 0 heterocycles. The Morgan fingerprint density at radius 3 is 2.25 bits per heavy atom. The van der Waals surface area contributed by atoms with E-state index < -0.39 is 0 Å². The van der Waals surface area contributed by atoms with Gasteiger partial charge >= 0.3 is 0 Å². The number of hydrogen-bond acceptors (Lipinski definition) is 2. The smallest absolute Gasteiger partial charge is 0.129 e. The molecule has 0 amide bonds. The molecule has 0 aliphatic heterocycles. The van der Waals surface area contributed by atoms with Crippen LogP contribution in [0.5, 0.6) is 0 Å². The van der Waals surface area contributed by atoms with E-state index in [4.69, 9.17) is 5.11 Å². The van der Waals surface area contributed by atoms with Crippen LogP contribution in [0, 0.1) is 5.41 Å². The Kier molecular flexibility index (Phi) is 4.01. The molecule has 1 atom stereocenters. The Bertz CT molecular complexity index is 187. The van der Waals surface area contributed by atoms with Gasteiger partial charge in [0.15, 0.2) is 0 Å². The fraction of sp³-hybridized carbons (Fsp3) is 0.700. The Balaban J connectivity index is 4.18. The van der Waals surface area contributed by atoms with Gasteiger partial charge in [-0.1, -0.05) is 20.8 Å². The van der Waals surface area contributed by atoms with Crippen molar-refractivity contribution in [2.45, 2.75) is 40.7 Å². The van der Waals surface area contributed by atoms with E-state index >= 15 is 0 Å². The van der Waals surface area contributed by atoms with Gasteiger partial charge in [-0.25, -0.2) is 0 Å². The minimum Gasteiger partial charge on any atom is -0.507 e. The summed E-state index contributed by atoms with van der Waals surface area (Å²) in [6.45, 7) is 10.2. The molecule has 1 unspecified atom stereocenters. The molecular formula is C10H19NO. The van der Waals surface area contributed by atoms with Gasteiger partial charge in [0.25, 0.3) is 0 Å². The van der Waals surface area contributed by atoms with Gasteiger partial charge in [-0.05, 0) is 25.3 Å². The summed E-state index contributed by atoms with van der Waals surface area (Å²) in [5, 5.41) is 9.08. The van der Waals surface area contributed by atoms with Gasteiger partial charge in [-0.2, -0.15) is 0 Å². The lowest BCUT2D eigenvalue weighted by molar-refractivity contribution is 0.341. The van der Waals surface area contributed by atoms with E-state index in [1.165, 1.54) is 6.21 Å². The molecule has 0 aromatic rings. The Morgan fingerprint density at radius 2 is 1.92 bits per heavy atom. The molecule has 0 aromatic carbocycles. The molecule has 0 spiro atoms. The Morgan fingerprint density at radius 1 is 1.42 bits per heavy atom. The molecule has 0 aromatic heterocycles. The lowest BCUT2D eigenvalue weighted by Crippen LogP contribution is -2.20. The van der Waals surface area contributed by atoms with Crippen molar-refractivity contribution in [2.24, 2.45) is 10.4 Å². The van der Waals surface area contributed by atoms with Crippen LogP contribution in [0.3, 0.4) is 0 Å². The molecule has 0 aliphatic rings. The highest BCUT2D eigenvalue weighted by atomic mass is 16.3. The van der Waals surface area contributed by atoms with Crippen LogP contribution in [0.2, 0.25) is 0 Å². The summed E-state index contributed by atoms with van der Waals surface area (Å²) in [7, 11) is 0. The van der Waals surface area contributed by atoms with Crippen LogP contribution in [-0.4, -0.2) is 17.4 Å². The number of allylic oxidation sites excluding steroid dienone is 2. The molecule has 1 N–H and O–H groups in total. The third-order valence-electron chi connectivity index (χ3n) is 1.98. The normalized spacial score (nSPS) is 16.9. The van der Waals surface area contributed by atoms with Crippen molar-refractivity contribution in [3.63, 3.8) is 0 Å². The van der Waals surface area contributed by atoms with Crippen molar-refractivity contribution < 1.29 is 5.11 Å². The van der Waals surface area contributed by atoms with Crippen LogP contribution in [0.1, 0.15) is 34.6 Å². The maximum Gasteiger partial charge on any atom is 0.129 e. The van der Waals surface area contributed by atoms with Crippen LogP contribution in [0.25, 0.3) is 0 Å². The third-order valence-corrected chi connectivity index (χ3v) is 1.98. The first kappa shape index (κ1) is 11.2. The lowest BCUT2D eigenvalue weighted by atomic mass is 9.88. The number of nitrogens with zero attached hydrogens (tertiary/aromatic N) is 1. The van der Waals surface area contributed by atoms with E-state index in [-0.39, 0.29) is 17.2 Å². The molecule has 0 fully saturated rings. The molecular weight excluding hydrogens is 150 g/mol. The van der Waals surface area contributed by atoms with Gasteiger partial charge in [-0.3, -0.25) is 4.99 Å². The predicted octanol–water partition coefficient (Wildman–Crippen LogP) is 2.95. The molecule has 0 radical (unpaired) electrons. The topological polar surface area (TPSA) is 32.6 Å². The van der Waals surface area contributed by atoms with Crippen LogP contribution in [0.4, 0.5) is 0 Å². The van der Waals surface area contributed by atoms with Gasteiger partial charge in [0.1, 0.15) is 5.76 Å². The van der Waals surface area contributed by atoms with E-state index in [0.29, 0.717) is 0 Å². The summed E-state index contributed by atoms with van der Waals surface area (Å²) in [4.78, 5) is 4.22. The van der Waals surface area contributed by atoms with Gasteiger partial charge in [0.2, 0.25) is 0 Å². The van der Waals surface area contributed by atoms with Gasteiger partial charge in [-0.15, -0.1) is 0 Å². The summed E-state index contributed by atoms with van der Waals surface area (Å²) in [6.07, 6.45) is 3.13. The molecule has 2 heteroatoms. The predicted molar refractivity (Wildman–Crippen MR) is 53.8 cm³/mol. The summed E-state index contributed by atoms with van der Waals surface area (Å²) < 4.78 is 0. The van der Waals surface area contributed by atoms with Crippen LogP contribution < -0.4 is 0 Å². The molecule has 0 aliphatic carbocycles. The van der Waals surface area contributed by atoms with Gasteiger partial charge in [0.05, 0.1) is 12.3 Å². The molecule has 2 nitrogen and oxygen atoms in total. The fourth-order valence-electron chi connectivity index (χ4n) is 0.486. The number of aliphatic hydroxyl groups excluding tert-OH is 1. The zero-order chi connectivity index (χ0) is 9.78. The van der Waals surface area contributed by atoms with Gasteiger partial charge in [0, 0.05) is 0 Å². The zero-order valence-electron chi connectivity index (χ0n) is 8.63. The maximum atomic E-state index is 9.08. The first-order valence-corrected chi connectivity index (χ1v) is 4.26. The summed E-state index contributed by atoms with van der Waals surface area (Å²) >= 11 is 0. The highest BCUT2D eigenvalue weighted by Crippen LogP contribution is 2.21. The molecule has 0 saturated heterocycles. The number of hydrogen-bond donors (Lipinski definition) is 1. The molecule has 0 rings (SSSR count). The van der Waals surface area contributed by atoms with E-state index in [1.807, 2.05) is 6.92 Å². The molecule has 12 heavy (non-hydrogen) atoms. The number of rotatable bonds is 2. The maximum absolute atomic E-state index is 9.08. The van der Waals surface area contributed by atoms with Crippen LogP contribution >= 0.6 is 0 Å². The first-order valence-electron chi connectivity index (χ1n) is 4.26. The van der Waals surface area contributed by atoms with Crippen molar-refractivity contribution in [2.75, 3.05) is 0 Å². The van der Waals surface area contributed by atoms with Crippen LogP contribution in [0.15, 0.2) is 16.8 Å². The van der Waals surface area contributed by atoms with Crippen LogP contribution in [-0.2, 0) is 0 Å². The van der Waals surface area contributed by atoms with E-state index in [9.17, 15) is 0 Å². The van der Waals surface area contributed by atoms with Crippen molar-refractivity contribution >= 4 is 6.21 Å². The second-order valence-corrected chi connectivity index (χ2v) is 4.03. The van der Waals surface area contributed by atoms with Crippen molar-refractivity contribution in [1.29, 1.82) is 0 Å². The minimum atomic E-state index is 0.157. The average molecular weight is 169 g/mol. The van der Waals surface area contributed by atoms with E-state index in [0.717, 1.165) is 0 Å². The standard InChI is InChI=1S/C10H19NO/c1-6-9(12)7-11-8(2)10(3,4)5/h6-8,12H,1-5H3/b9-6+,11-7?. The number of aliphatic hydroxyl groups is 1. The Labute approximate surface area is 75.0 Å². The Hall–Kier alpha value is -0.790. The molecule has 70 valence electrons. The summed E-state index contributed by atoms with van der Waals surface area (Å²) in [5.41, 5.74) is 0.157. The van der Waals surface area contributed by atoms with Crippen molar-refractivity contribution in [3.8, 4) is 0 Å². The largest absolute Gasteiger partial charge is 0.507 e. The second kappa shape index (κ2) is 4.29. The highest BCUT2D eigenvalue weighted by Gasteiger charge is 2.17. The first-order chi connectivity index (χ1) is 5.38. The second-order valence-electron chi connectivity index (χ2n) is 4.03. The van der Waals surface area contributed by atoms with E-state index in [2.05, 4.69) is 25.8 Å². The quantitative estimate of drug-likeness (QED) is 0.500. The number of aliphatic imine (C=N–C) groups is 1. The minimum absolute atomic E-state index is 0.157. The molecule has 0 bridgehead atoms. The van der Waals surface area contributed by atoms with Gasteiger partial charge < -0.3 is 5.11 Å². The van der Waals surface area contributed by atoms with Crippen molar-refractivity contribution in [3.05, 3.63) is 11.8 Å². The van der Waals surface area contributed by atoms with Crippen molar-refractivity contribution in [1.82, 2.24) is 0 Å². The summed E-state index contributed by atoms with van der Waals surface area (Å²) in [6, 6.07) is 0.222. The highest BCUT2D eigenvalue weighted by molar-refractivity contribution is 5.75. The monoisotopic (exact) mass is 169 g/mol. The SMILES string of the molecule is C/C=C(/O)C=NC(C)C(C)(C)C. The average Bonchev–Trinajstić information content (AvgIpc) is 1.97. The van der Waals surface area contributed by atoms with E-state index in [1.54, 1.807) is 13.0 Å².